The van der Waals surface area contributed by atoms with Crippen LogP contribution < -0.4 is 65.5 Å². The number of hydrogen-bond donors (Lipinski definition) is 13. The Morgan fingerprint density at radius 2 is 0.961 bits per heavy atom. The summed E-state index contributed by atoms with van der Waals surface area (Å²) in [6.07, 6.45) is 2.26. The average Bonchev–Trinajstić information content (AvgIpc) is 3.34. The van der Waals surface area contributed by atoms with Gasteiger partial charge in [0, 0.05) is 32.0 Å². The number of amidine groups is 1. The van der Waals surface area contributed by atoms with E-state index in [1.807, 2.05) is 41.5 Å². The van der Waals surface area contributed by atoms with Gasteiger partial charge in [0.15, 0.2) is 5.96 Å². The van der Waals surface area contributed by atoms with E-state index in [1.54, 1.807) is 68.4 Å². The molecule has 8 amide bonds. The lowest BCUT2D eigenvalue weighted by Crippen LogP contribution is -2.61. The van der Waals surface area contributed by atoms with Crippen LogP contribution in [0.4, 0.5) is 0 Å². The van der Waals surface area contributed by atoms with Gasteiger partial charge < -0.3 is 65.5 Å². The Bertz CT molecular complexity index is 2240. The van der Waals surface area contributed by atoms with Crippen LogP contribution in [0.3, 0.4) is 0 Å². The first-order valence-corrected chi connectivity index (χ1v) is 26.4. The molecular weight excluding hydrogens is 973 g/mol. The fraction of sp³-hybridized carbons (Fsp3) is 0.593. The number of nitrogens with zero attached hydrogens (tertiary/aromatic N) is 1. The fourth-order valence-electron chi connectivity index (χ4n) is 8.20. The maximum Gasteiger partial charge on any atom is 0.243 e. The number of nitrogen functional groups attached to an aromatic ring is 1. The molecule has 0 spiro atoms. The van der Waals surface area contributed by atoms with Crippen molar-refractivity contribution in [3.05, 3.63) is 71.3 Å². The van der Waals surface area contributed by atoms with Crippen LogP contribution in [0, 0.1) is 29.1 Å². The van der Waals surface area contributed by atoms with E-state index in [4.69, 9.17) is 28.3 Å². The third kappa shape index (κ3) is 25.0. The van der Waals surface area contributed by atoms with Crippen molar-refractivity contribution < 1.29 is 38.4 Å². The maximum absolute atomic E-state index is 14.6. The van der Waals surface area contributed by atoms with E-state index < -0.39 is 95.5 Å². The Balaban J connectivity index is 2.47. The van der Waals surface area contributed by atoms with Crippen LogP contribution in [0.5, 0.6) is 0 Å². The van der Waals surface area contributed by atoms with E-state index >= 15 is 0 Å². The van der Waals surface area contributed by atoms with Crippen LogP contribution in [-0.4, -0.2) is 114 Å². The Morgan fingerprint density at radius 1 is 0.513 bits per heavy atom. The van der Waals surface area contributed by atoms with Crippen molar-refractivity contribution in [2.24, 2.45) is 51.6 Å². The molecular formula is C54H88N14O8. The molecule has 0 heterocycles. The number of rotatable bonds is 34. The summed E-state index contributed by atoms with van der Waals surface area (Å²) in [7, 11) is 0. The van der Waals surface area contributed by atoms with Crippen molar-refractivity contribution in [1.29, 1.82) is 5.41 Å². The average molecular weight is 1060 g/mol. The number of amides is 8. The Kier molecular flexibility index (Phi) is 28.9. The van der Waals surface area contributed by atoms with E-state index in [0.29, 0.717) is 36.9 Å². The van der Waals surface area contributed by atoms with Gasteiger partial charge >= 0.3 is 0 Å². The first-order chi connectivity index (χ1) is 35.8. The van der Waals surface area contributed by atoms with Crippen molar-refractivity contribution in [3.63, 3.8) is 0 Å². The molecule has 0 bridgehead atoms. The number of nitrogens with one attached hydrogen (secondary N) is 9. The van der Waals surface area contributed by atoms with Crippen molar-refractivity contribution in [2.75, 3.05) is 13.1 Å². The molecule has 2 rings (SSSR count). The molecule has 17 N–H and O–H groups in total. The van der Waals surface area contributed by atoms with Crippen LogP contribution in [0.1, 0.15) is 130 Å². The predicted octanol–water partition coefficient (Wildman–Crippen LogP) is 1.22. The van der Waals surface area contributed by atoms with Gasteiger partial charge in [0.05, 0.1) is 0 Å². The number of aliphatic imine (C=N–C) groups is 1. The fourth-order valence-corrected chi connectivity index (χ4v) is 8.20. The molecule has 0 aliphatic carbocycles. The summed E-state index contributed by atoms with van der Waals surface area (Å²) in [6.45, 7) is 16.7. The second-order valence-electron chi connectivity index (χ2n) is 20.9. The minimum atomic E-state index is -1.29. The standard InChI is InChI=1S/C54H88N14O8/c1-31(2)26-41(62-35(9)69)49(72)65-42(27-32(3)4)50(73)66-43(28-33(5)6)51(74)67-44(29-36-16-11-10-12-17-36)52(75)63-40(19-15-25-60-54(58)59)48(71)68-45(34(7)8)53(76)64-39(18-13-14-24-55)47(70)61-30-37-20-22-38(23-21-37)46(56)57/h10-12,16-17,20-23,31-34,39-45H,13-15,18-19,24-30,55H2,1-9H3,(H3,56,57)(H,61,70)(H,62,69)(H,63,75)(H,64,76)(H,65,72)(H,66,73)(H,67,74)(H,68,71)(H4,58,59,60)/t39-,40-,41-,42-,43-,44-,45-/m0/s1. The molecule has 0 saturated heterocycles. The lowest BCUT2D eigenvalue weighted by molar-refractivity contribution is -0.136. The number of guanidine groups is 1. The predicted molar refractivity (Wildman–Crippen MR) is 295 cm³/mol. The summed E-state index contributed by atoms with van der Waals surface area (Å²) in [4.78, 5) is 115. The molecule has 7 atom stereocenters. The Labute approximate surface area is 448 Å². The second-order valence-corrected chi connectivity index (χ2v) is 20.9. The SMILES string of the molecule is CC(=O)N[C@@H](CC(C)C)C(=O)N[C@@H](CC(C)C)C(=O)N[C@@H](CC(C)C)C(=O)N[C@@H](Cc1ccccc1)C(=O)N[C@@H](CCCN=C(N)N)C(=O)N[C@H](C(=O)N[C@@H](CCCCN)C(=O)NCc1ccc(C(=N)N)cc1)C(C)C. The molecule has 0 fully saturated rings. The lowest BCUT2D eigenvalue weighted by Gasteiger charge is -2.29. The molecule has 0 unspecified atom stereocenters. The number of carbonyl (C=O) groups is 8. The zero-order valence-electron chi connectivity index (χ0n) is 46.1. The highest BCUT2D eigenvalue weighted by atomic mass is 16.2. The van der Waals surface area contributed by atoms with Crippen LogP contribution >= 0.6 is 0 Å². The first-order valence-electron chi connectivity index (χ1n) is 26.4. The number of hydrogen-bond acceptors (Lipinski definition) is 11. The highest BCUT2D eigenvalue weighted by molar-refractivity contribution is 5.98. The van der Waals surface area contributed by atoms with E-state index in [-0.39, 0.29) is 81.2 Å². The van der Waals surface area contributed by atoms with Crippen LogP contribution in [0.15, 0.2) is 59.6 Å². The topological polar surface area (TPSA) is 373 Å². The van der Waals surface area contributed by atoms with Gasteiger partial charge in [-0.1, -0.05) is 110 Å². The van der Waals surface area contributed by atoms with Gasteiger partial charge in [0.25, 0.3) is 0 Å². The molecule has 22 nitrogen and oxygen atoms in total. The molecule has 422 valence electrons. The summed E-state index contributed by atoms with van der Waals surface area (Å²) in [5, 5.41) is 30.0. The minimum Gasteiger partial charge on any atom is -0.384 e. The van der Waals surface area contributed by atoms with Gasteiger partial charge in [-0.05, 0) is 92.7 Å². The lowest BCUT2D eigenvalue weighted by atomic mass is 9.98. The molecule has 0 aromatic heterocycles. The number of nitrogens with two attached hydrogens (primary N) is 4. The van der Waals surface area contributed by atoms with Crippen LogP contribution in [0.2, 0.25) is 0 Å². The van der Waals surface area contributed by atoms with E-state index in [1.165, 1.54) is 6.92 Å². The van der Waals surface area contributed by atoms with Crippen molar-refractivity contribution in [2.45, 2.75) is 169 Å². The van der Waals surface area contributed by atoms with Crippen LogP contribution in [-0.2, 0) is 51.3 Å². The van der Waals surface area contributed by atoms with E-state index in [0.717, 1.165) is 5.56 Å². The molecule has 0 radical (unpaired) electrons. The van der Waals surface area contributed by atoms with Gasteiger partial charge in [0.2, 0.25) is 47.3 Å². The smallest absolute Gasteiger partial charge is 0.243 e. The summed E-state index contributed by atoms with van der Waals surface area (Å²) >= 11 is 0. The Hall–Kier alpha value is -7.10. The summed E-state index contributed by atoms with van der Waals surface area (Å²) in [5.41, 5.74) is 24.4. The Morgan fingerprint density at radius 3 is 1.43 bits per heavy atom. The maximum atomic E-state index is 14.6. The van der Waals surface area contributed by atoms with E-state index in [2.05, 4.69) is 47.5 Å². The van der Waals surface area contributed by atoms with Crippen molar-refractivity contribution in [1.82, 2.24) is 42.5 Å². The normalized spacial score (nSPS) is 14.0. The first kappa shape index (κ1) is 65.0. The summed E-state index contributed by atoms with van der Waals surface area (Å²) in [5.74, 6) is -5.73. The largest absolute Gasteiger partial charge is 0.384 e. The highest BCUT2D eigenvalue weighted by Gasteiger charge is 2.35. The van der Waals surface area contributed by atoms with Gasteiger partial charge in [-0.3, -0.25) is 48.8 Å². The number of unbranched alkanes of at least 4 members (excludes halogenated alkanes) is 1. The molecule has 0 aliphatic heterocycles. The third-order valence-electron chi connectivity index (χ3n) is 12.1. The molecule has 2 aromatic rings. The highest BCUT2D eigenvalue weighted by Crippen LogP contribution is 2.14. The van der Waals surface area contributed by atoms with Gasteiger partial charge in [-0.2, -0.15) is 0 Å². The third-order valence-corrected chi connectivity index (χ3v) is 12.1. The molecule has 2 aromatic carbocycles. The molecule has 0 saturated carbocycles. The van der Waals surface area contributed by atoms with Gasteiger partial charge in [0.1, 0.15) is 48.1 Å². The zero-order chi connectivity index (χ0) is 57.1. The van der Waals surface area contributed by atoms with Crippen molar-refractivity contribution >= 4 is 59.1 Å². The monoisotopic (exact) mass is 1060 g/mol. The van der Waals surface area contributed by atoms with Crippen LogP contribution in [0.25, 0.3) is 0 Å². The van der Waals surface area contributed by atoms with Crippen molar-refractivity contribution in [3.8, 4) is 0 Å². The van der Waals surface area contributed by atoms with Gasteiger partial charge in [-0.15, -0.1) is 0 Å². The van der Waals surface area contributed by atoms with E-state index in [9.17, 15) is 38.4 Å². The molecule has 22 heteroatoms. The quantitative estimate of drug-likeness (QED) is 0.0267. The minimum absolute atomic E-state index is 0.000734. The summed E-state index contributed by atoms with van der Waals surface area (Å²) < 4.78 is 0. The van der Waals surface area contributed by atoms with Gasteiger partial charge in [-0.25, -0.2) is 0 Å². The molecule has 76 heavy (non-hydrogen) atoms. The summed E-state index contributed by atoms with van der Waals surface area (Å²) in [6, 6.07) is 7.79. The zero-order valence-corrected chi connectivity index (χ0v) is 46.1. The second kappa shape index (κ2) is 33.7. The number of carbonyl (C=O) groups excluding carboxylic acids is 8. The number of benzene rings is 2. The molecule has 0 aliphatic rings.